The minimum atomic E-state index is -0.460. The Balaban J connectivity index is 2.18. The summed E-state index contributed by atoms with van der Waals surface area (Å²) in [5.74, 6) is -0.00520. The van der Waals surface area contributed by atoms with Crippen molar-refractivity contribution in [2.75, 3.05) is 13.2 Å². The van der Waals surface area contributed by atoms with Crippen molar-refractivity contribution in [3.8, 4) is 0 Å². The van der Waals surface area contributed by atoms with Crippen molar-refractivity contribution in [2.24, 2.45) is 5.73 Å². The molecule has 2 rings (SSSR count). The van der Waals surface area contributed by atoms with Crippen molar-refractivity contribution in [3.63, 3.8) is 0 Å². The summed E-state index contributed by atoms with van der Waals surface area (Å²) < 4.78 is 5.88. The van der Waals surface area contributed by atoms with Crippen molar-refractivity contribution in [1.29, 1.82) is 0 Å². The molecule has 0 unspecified atom stereocenters. The lowest BCUT2D eigenvalue weighted by atomic mass is 10.0. The summed E-state index contributed by atoms with van der Waals surface area (Å²) in [6.07, 6.45) is -0.0555. The lowest BCUT2D eigenvalue weighted by Crippen LogP contribution is -2.52. The number of hydrogen-bond donors (Lipinski definition) is 1. The number of carbonyl (C=O) groups is 1. The van der Waals surface area contributed by atoms with Gasteiger partial charge in [0.05, 0.1) is 25.2 Å². The van der Waals surface area contributed by atoms with E-state index in [1.807, 2.05) is 24.0 Å². The van der Waals surface area contributed by atoms with E-state index in [0.717, 1.165) is 5.56 Å². The Kier molecular flexibility index (Phi) is 4.22. The first kappa shape index (κ1) is 14.0. The second-order valence-electron chi connectivity index (χ2n) is 5.31. The van der Waals surface area contributed by atoms with E-state index < -0.39 is 6.04 Å². The number of nitrogens with two attached hydrogens (primary N) is 1. The largest absolute Gasteiger partial charge is 0.370 e. The van der Waals surface area contributed by atoms with E-state index in [1.54, 1.807) is 6.92 Å². The third kappa shape index (κ3) is 2.96. The fourth-order valence-corrected chi connectivity index (χ4v) is 2.46. The van der Waals surface area contributed by atoms with E-state index in [2.05, 4.69) is 19.1 Å². The average Bonchev–Trinajstić information content (AvgIpc) is 2.39. The van der Waals surface area contributed by atoms with Gasteiger partial charge in [0, 0.05) is 0 Å². The first-order chi connectivity index (χ1) is 9.00. The van der Waals surface area contributed by atoms with Gasteiger partial charge in [-0.05, 0) is 31.9 Å². The van der Waals surface area contributed by atoms with Crippen LogP contribution in [0.5, 0.6) is 0 Å². The highest BCUT2D eigenvalue weighted by atomic mass is 16.5. The fourth-order valence-electron chi connectivity index (χ4n) is 2.46. The molecule has 0 spiro atoms. The molecule has 4 nitrogen and oxygen atoms in total. The Bertz CT molecular complexity index is 459. The standard InChI is InChI=1S/C15H22N2O2/c1-10-6-4-5-7-13(10)14-8-17(11(2)9-19-14)15(18)12(3)16/h4-7,11-12,14H,8-9,16H2,1-3H3/t11-,12+,14-/m0/s1. The van der Waals surface area contributed by atoms with Gasteiger partial charge >= 0.3 is 0 Å². The van der Waals surface area contributed by atoms with E-state index in [-0.39, 0.29) is 18.1 Å². The van der Waals surface area contributed by atoms with Gasteiger partial charge in [0.1, 0.15) is 6.10 Å². The molecule has 1 heterocycles. The summed E-state index contributed by atoms with van der Waals surface area (Å²) in [6, 6.07) is 7.76. The molecule has 104 valence electrons. The summed E-state index contributed by atoms with van der Waals surface area (Å²) >= 11 is 0. The van der Waals surface area contributed by atoms with E-state index in [0.29, 0.717) is 13.2 Å². The number of rotatable bonds is 2. The zero-order valence-corrected chi connectivity index (χ0v) is 11.8. The molecule has 0 saturated carbocycles. The third-order valence-electron chi connectivity index (χ3n) is 3.64. The minimum Gasteiger partial charge on any atom is -0.370 e. The molecule has 1 aromatic rings. The predicted octanol–water partition coefficient (Wildman–Crippen LogP) is 1.63. The molecule has 3 atom stereocenters. The first-order valence-corrected chi connectivity index (χ1v) is 6.74. The number of benzene rings is 1. The van der Waals surface area contributed by atoms with Crippen LogP contribution in [0.4, 0.5) is 0 Å². The summed E-state index contributed by atoms with van der Waals surface area (Å²) in [5, 5.41) is 0. The van der Waals surface area contributed by atoms with Crippen LogP contribution in [0.1, 0.15) is 31.1 Å². The van der Waals surface area contributed by atoms with Crippen LogP contribution in [0.3, 0.4) is 0 Å². The van der Waals surface area contributed by atoms with E-state index >= 15 is 0 Å². The summed E-state index contributed by atoms with van der Waals surface area (Å²) in [7, 11) is 0. The van der Waals surface area contributed by atoms with E-state index in [1.165, 1.54) is 5.56 Å². The Morgan fingerprint density at radius 2 is 2.16 bits per heavy atom. The number of nitrogens with zero attached hydrogens (tertiary/aromatic N) is 1. The van der Waals surface area contributed by atoms with Crippen LogP contribution in [0.2, 0.25) is 0 Å². The topological polar surface area (TPSA) is 55.6 Å². The van der Waals surface area contributed by atoms with Gasteiger partial charge in [0.2, 0.25) is 5.91 Å². The van der Waals surface area contributed by atoms with E-state index in [9.17, 15) is 4.79 Å². The highest BCUT2D eigenvalue weighted by Gasteiger charge is 2.32. The van der Waals surface area contributed by atoms with Crippen LogP contribution in [0, 0.1) is 6.92 Å². The second-order valence-corrected chi connectivity index (χ2v) is 5.31. The summed E-state index contributed by atoms with van der Waals surface area (Å²) in [6.45, 7) is 6.92. The molecule has 0 aliphatic carbocycles. The highest BCUT2D eigenvalue weighted by Crippen LogP contribution is 2.27. The molecule has 1 saturated heterocycles. The van der Waals surface area contributed by atoms with Crippen molar-refractivity contribution >= 4 is 5.91 Å². The number of hydrogen-bond acceptors (Lipinski definition) is 3. The number of morpholine rings is 1. The molecule has 0 radical (unpaired) electrons. The molecule has 1 aliphatic rings. The molecular formula is C15H22N2O2. The van der Waals surface area contributed by atoms with Gasteiger partial charge < -0.3 is 15.4 Å². The van der Waals surface area contributed by atoms with Crippen LogP contribution in [0.25, 0.3) is 0 Å². The fraction of sp³-hybridized carbons (Fsp3) is 0.533. The third-order valence-corrected chi connectivity index (χ3v) is 3.64. The van der Waals surface area contributed by atoms with Gasteiger partial charge in [-0.15, -0.1) is 0 Å². The number of carbonyl (C=O) groups excluding carboxylic acids is 1. The predicted molar refractivity (Wildman–Crippen MR) is 74.7 cm³/mol. The lowest BCUT2D eigenvalue weighted by molar-refractivity contribution is -0.145. The molecule has 0 aromatic heterocycles. The summed E-state index contributed by atoms with van der Waals surface area (Å²) in [4.78, 5) is 14.0. The smallest absolute Gasteiger partial charge is 0.239 e. The Labute approximate surface area is 114 Å². The molecular weight excluding hydrogens is 240 g/mol. The van der Waals surface area contributed by atoms with Crippen molar-refractivity contribution in [3.05, 3.63) is 35.4 Å². The molecule has 2 N–H and O–H groups in total. The zero-order valence-electron chi connectivity index (χ0n) is 11.8. The molecule has 1 fully saturated rings. The number of amides is 1. The van der Waals surface area contributed by atoms with Gasteiger partial charge in [-0.2, -0.15) is 0 Å². The van der Waals surface area contributed by atoms with Crippen LogP contribution in [-0.4, -0.2) is 36.0 Å². The van der Waals surface area contributed by atoms with Crippen LogP contribution >= 0.6 is 0 Å². The van der Waals surface area contributed by atoms with Gasteiger partial charge in [0.15, 0.2) is 0 Å². The monoisotopic (exact) mass is 262 g/mol. The van der Waals surface area contributed by atoms with Crippen LogP contribution < -0.4 is 5.73 Å². The zero-order chi connectivity index (χ0) is 14.0. The van der Waals surface area contributed by atoms with Crippen molar-refractivity contribution < 1.29 is 9.53 Å². The van der Waals surface area contributed by atoms with Crippen molar-refractivity contribution in [2.45, 2.75) is 39.0 Å². The average molecular weight is 262 g/mol. The highest BCUT2D eigenvalue weighted by molar-refractivity contribution is 5.81. The number of aryl methyl sites for hydroxylation is 1. The van der Waals surface area contributed by atoms with Crippen molar-refractivity contribution in [1.82, 2.24) is 4.90 Å². The lowest BCUT2D eigenvalue weighted by Gasteiger charge is -2.39. The second kappa shape index (κ2) is 5.72. The SMILES string of the molecule is Cc1ccccc1[C@@H]1CN(C(=O)[C@@H](C)N)[C@@H](C)CO1. The molecule has 1 amide bonds. The van der Waals surface area contributed by atoms with E-state index in [4.69, 9.17) is 10.5 Å². The summed E-state index contributed by atoms with van der Waals surface area (Å²) in [5.41, 5.74) is 8.05. The van der Waals surface area contributed by atoms with Crippen LogP contribution in [-0.2, 0) is 9.53 Å². The molecule has 19 heavy (non-hydrogen) atoms. The molecule has 0 bridgehead atoms. The maximum absolute atomic E-state index is 12.1. The Hall–Kier alpha value is -1.39. The Morgan fingerprint density at radius 1 is 1.47 bits per heavy atom. The quantitative estimate of drug-likeness (QED) is 0.881. The van der Waals surface area contributed by atoms with Crippen LogP contribution in [0.15, 0.2) is 24.3 Å². The Morgan fingerprint density at radius 3 is 2.79 bits per heavy atom. The molecule has 4 heteroatoms. The van der Waals surface area contributed by atoms with Gasteiger partial charge in [-0.1, -0.05) is 24.3 Å². The molecule has 1 aromatic carbocycles. The van der Waals surface area contributed by atoms with Gasteiger partial charge in [0.25, 0.3) is 0 Å². The molecule has 1 aliphatic heterocycles. The maximum atomic E-state index is 12.1. The normalized spacial score (nSPS) is 25.2. The maximum Gasteiger partial charge on any atom is 0.239 e. The van der Waals surface area contributed by atoms with Gasteiger partial charge in [-0.25, -0.2) is 0 Å². The number of ether oxygens (including phenoxy) is 1. The van der Waals surface area contributed by atoms with Gasteiger partial charge in [-0.3, -0.25) is 4.79 Å². The first-order valence-electron chi connectivity index (χ1n) is 6.74. The minimum absolute atomic E-state index is 0.00520.